The molecular weight excluding hydrogens is 318 g/mol. The number of nitrogens with one attached hydrogen (secondary N) is 3. The molecule has 25 heavy (non-hydrogen) atoms. The maximum absolute atomic E-state index is 12.4. The Balaban J connectivity index is 1.79. The highest BCUT2D eigenvalue weighted by Gasteiger charge is 2.30. The van der Waals surface area contributed by atoms with E-state index in [9.17, 15) is 9.59 Å². The summed E-state index contributed by atoms with van der Waals surface area (Å²) in [4.78, 5) is 24.4. The van der Waals surface area contributed by atoms with Crippen LogP contribution in [-0.2, 0) is 4.79 Å². The highest BCUT2D eigenvalue weighted by molar-refractivity contribution is 5.95. The molecule has 7 heteroatoms. The van der Waals surface area contributed by atoms with Crippen LogP contribution >= 0.6 is 0 Å². The van der Waals surface area contributed by atoms with E-state index in [1.807, 2.05) is 45.2 Å². The lowest BCUT2D eigenvalue weighted by Gasteiger charge is -2.29. The summed E-state index contributed by atoms with van der Waals surface area (Å²) in [6.07, 6.45) is 4.50. The van der Waals surface area contributed by atoms with Crippen LogP contribution in [0.4, 0.5) is 10.5 Å². The van der Waals surface area contributed by atoms with E-state index < -0.39 is 12.1 Å². The molecule has 1 aliphatic rings. The third-order valence-electron chi connectivity index (χ3n) is 4.40. The van der Waals surface area contributed by atoms with E-state index in [2.05, 4.69) is 21.0 Å². The van der Waals surface area contributed by atoms with E-state index in [4.69, 9.17) is 0 Å². The number of rotatable bonds is 3. The van der Waals surface area contributed by atoms with E-state index in [-0.39, 0.29) is 11.8 Å². The summed E-state index contributed by atoms with van der Waals surface area (Å²) in [5.41, 5.74) is 3.47. The molecule has 0 saturated carbocycles. The highest BCUT2D eigenvalue weighted by Crippen LogP contribution is 2.22. The first-order valence-corrected chi connectivity index (χ1v) is 8.41. The zero-order valence-corrected chi connectivity index (χ0v) is 14.7. The molecule has 1 aliphatic heterocycles. The van der Waals surface area contributed by atoms with Gasteiger partial charge in [0.2, 0.25) is 5.91 Å². The maximum Gasteiger partial charge on any atom is 0.319 e. The molecule has 1 saturated heterocycles. The van der Waals surface area contributed by atoms with Crippen molar-refractivity contribution in [2.75, 3.05) is 11.9 Å². The second-order valence-corrected chi connectivity index (χ2v) is 6.62. The minimum absolute atomic E-state index is 0.102. The van der Waals surface area contributed by atoms with Gasteiger partial charge in [0.05, 0.1) is 17.6 Å². The first-order chi connectivity index (χ1) is 11.9. The second-order valence-electron chi connectivity index (χ2n) is 6.62. The van der Waals surface area contributed by atoms with Gasteiger partial charge in [-0.1, -0.05) is 13.0 Å². The van der Waals surface area contributed by atoms with Gasteiger partial charge in [-0.2, -0.15) is 5.10 Å². The van der Waals surface area contributed by atoms with Crippen LogP contribution < -0.4 is 16.0 Å². The molecule has 0 radical (unpaired) electrons. The fourth-order valence-corrected chi connectivity index (χ4v) is 2.96. The lowest BCUT2D eigenvalue weighted by molar-refractivity contribution is -0.125. The van der Waals surface area contributed by atoms with E-state index in [1.165, 1.54) is 0 Å². The van der Waals surface area contributed by atoms with Crippen molar-refractivity contribution in [2.24, 2.45) is 5.92 Å². The van der Waals surface area contributed by atoms with Crippen LogP contribution in [0.2, 0.25) is 0 Å². The predicted molar refractivity (Wildman–Crippen MR) is 95.8 cm³/mol. The largest absolute Gasteiger partial charge is 0.354 e. The van der Waals surface area contributed by atoms with E-state index in [0.717, 1.165) is 23.2 Å². The van der Waals surface area contributed by atoms with E-state index in [1.54, 1.807) is 10.9 Å². The van der Waals surface area contributed by atoms with Gasteiger partial charge >= 0.3 is 6.03 Å². The van der Waals surface area contributed by atoms with Crippen LogP contribution in [0.25, 0.3) is 5.69 Å². The molecule has 0 bridgehead atoms. The molecule has 1 aromatic heterocycles. The quantitative estimate of drug-likeness (QED) is 0.799. The standard InChI is InChI=1S/C18H23N5O2/c1-11-4-5-15(23-10-12(2)9-20-23)14(8-11)21-18(25)22-16-13(3)6-7-19-17(16)24/h4-5,8-10,13,16H,6-7H2,1-3H3,(H,19,24)(H2,21,22,25). The summed E-state index contributed by atoms with van der Waals surface area (Å²) in [5, 5.41) is 12.7. The molecule has 2 aromatic rings. The number of carbonyl (C=O) groups is 2. The molecule has 0 spiro atoms. The molecule has 1 fully saturated rings. The Morgan fingerprint density at radius 2 is 2.12 bits per heavy atom. The third-order valence-corrected chi connectivity index (χ3v) is 4.40. The third kappa shape index (κ3) is 3.81. The molecule has 7 nitrogen and oxygen atoms in total. The van der Waals surface area contributed by atoms with Crippen molar-refractivity contribution in [1.29, 1.82) is 0 Å². The van der Waals surface area contributed by atoms with Crippen LogP contribution in [0, 0.1) is 19.8 Å². The topological polar surface area (TPSA) is 88.1 Å². The number of amides is 3. The van der Waals surface area contributed by atoms with Crippen molar-refractivity contribution in [1.82, 2.24) is 20.4 Å². The normalized spacial score (nSPS) is 20.0. The number of nitrogens with zero attached hydrogens (tertiary/aromatic N) is 2. The first-order valence-electron chi connectivity index (χ1n) is 8.41. The second kappa shape index (κ2) is 6.96. The fraction of sp³-hybridized carbons (Fsp3) is 0.389. The van der Waals surface area contributed by atoms with Gasteiger partial charge in [0, 0.05) is 12.7 Å². The Hall–Kier alpha value is -2.83. The van der Waals surface area contributed by atoms with Gasteiger partial charge < -0.3 is 16.0 Å². The van der Waals surface area contributed by atoms with Crippen molar-refractivity contribution < 1.29 is 9.59 Å². The molecular formula is C18H23N5O2. The Bertz CT molecular complexity index is 799. The smallest absolute Gasteiger partial charge is 0.319 e. The number of piperidine rings is 1. The van der Waals surface area contributed by atoms with Crippen LogP contribution in [0.3, 0.4) is 0 Å². The molecule has 0 aliphatic carbocycles. The average Bonchev–Trinajstić information content (AvgIpc) is 2.97. The van der Waals surface area contributed by atoms with Crippen molar-refractivity contribution in [2.45, 2.75) is 33.2 Å². The van der Waals surface area contributed by atoms with Gasteiger partial charge in [-0.05, 0) is 49.4 Å². The van der Waals surface area contributed by atoms with Gasteiger partial charge in [0.15, 0.2) is 0 Å². The Labute approximate surface area is 146 Å². The molecule has 2 unspecified atom stereocenters. The van der Waals surface area contributed by atoms with E-state index in [0.29, 0.717) is 12.2 Å². The first kappa shape index (κ1) is 17.0. The van der Waals surface area contributed by atoms with Crippen LogP contribution in [-0.4, -0.2) is 34.3 Å². The summed E-state index contributed by atoms with van der Waals surface area (Å²) in [6, 6.07) is 4.84. The number of anilines is 1. The molecule has 3 N–H and O–H groups in total. The van der Waals surface area contributed by atoms with Gasteiger partial charge in [-0.15, -0.1) is 0 Å². The number of aryl methyl sites for hydroxylation is 2. The lowest BCUT2D eigenvalue weighted by atomic mass is 9.94. The van der Waals surface area contributed by atoms with Crippen LogP contribution in [0.5, 0.6) is 0 Å². The highest BCUT2D eigenvalue weighted by atomic mass is 16.2. The summed E-state index contributed by atoms with van der Waals surface area (Å²) in [5.74, 6) is -0.0358. The van der Waals surface area contributed by atoms with Gasteiger partial charge in [0.1, 0.15) is 6.04 Å². The number of carbonyl (C=O) groups excluding carboxylic acids is 2. The van der Waals surface area contributed by atoms with Crippen LogP contribution in [0.15, 0.2) is 30.6 Å². The number of urea groups is 1. The van der Waals surface area contributed by atoms with Gasteiger partial charge in [-0.3, -0.25) is 4.79 Å². The fourth-order valence-electron chi connectivity index (χ4n) is 2.96. The van der Waals surface area contributed by atoms with Crippen molar-refractivity contribution >= 4 is 17.6 Å². The Kier molecular flexibility index (Phi) is 4.74. The average molecular weight is 341 g/mol. The molecule has 2 atom stereocenters. The van der Waals surface area contributed by atoms with Gasteiger partial charge in [-0.25, -0.2) is 9.48 Å². The molecule has 132 valence electrons. The molecule has 3 amide bonds. The Morgan fingerprint density at radius 1 is 1.32 bits per heavy atom. The molecule has 1 aromatic carbocycles. The van der Waals surface area contributed by atoms with Crippen molar-refractivity contribution in [3.05, 3.63) is 41.7 Å². The Morgan fingerprint density at radius 3 is 2.80 bits per heavy atom. The maximum atomic E-state index is 12.4. The summed E-state index contributed by atoms with van der Waals surface area (Å²) in [7, 11) is 0. The number of hydrogen-bond donors (Lipinski definition) is 3. The number of hydrogen-bond acceptors (Lipinski definition) is 3. The van der Waals surface area contributed by atoms with E-state index >= 15 is 0 Å². The monoisotopic (exact) mass is 341 g/mol. The van der Waals surface area contributed by atoms with Crippen LogP contribution in [0.1, 0.15) is 24.5 Å². The number of benzene rings is 1. The predicted octanol–water partition coefficient (Wildman–Crippen LogP) is 2.14. The zero-order chi connectivity index (χ0) is 18.0. The van der Waals surface area contributed by atoms with Gasteiger partial charge in [0.25, 0.3) is 0 Å². The minimum Gasteiger partial charge on any atom is -0.354 e. The summed E-state index contributed by atoms with van der Waals surface area (Å²) < 4.78 is 1.72. The molecule has 2 heterocycles. The SMILES string of the molecule is Cc1ccc(-n2cc(C)cn2)c(NC(=O)NC2C(=O)NCCC2C)c1. The van der Waals surface area contributed by atoms with Crippen molar-refractivity contribution in [3.63, 3.8) is 0 Å². The molecule has 3 rings (SSSR count). The summed E-state index contributed by atoms with van der Waals surface area (Å²) in [6.45, 7) is 6.53. The summed E-state index contributed by atoms with van der Waals surface area (Å²) >= 11 is 0. The minimum atomic E-state index is -0.519. The van der Waals surface area contributed by atoms with Crippen molar-refractivity contribution in [3.8, 4) is 5.69 Å². The lowest BCUT2D eigenvalue weighted by Crippen LogP contribution is -2.55. The number of aromatic nitrogens is 2. The zero-order valence-electron chi connectivity index (χ0n) is 14.7.